The zero-order valence-corrected chi connectivity index (χ0v) is 20.7. The molecule has 2 aliphatic carbocycles. The maximum atomic E-state index is 12.7. The van der Waals surface area contributed by atoms with E-state index in [0.717, 1.165) is 49.2 Å². The summed E-state index contributed by atoms with van der Waals surface area (Å²) < 4.78 is 0. The van der Waals surface area contributed by atoms with Gasteiger partial charge in [-0.05, 0) is 54.9 Å². The van der Waals surface area contributed by atoms with Crippen molar-refractivity contribution in [2.75, 3.05) is 38.5 Å². The van der Waals surface area contributed by atoms with Crippen LogP contribution in [-0.4, -0.2) is 59.3 Å². The zero-order chi connectivity index (χ0) is 23.6. The molecule has 3 fully saturated rings. The van der Waals surface area contributed by atoms with Crippen molar-refractivity contribution in [2.24, 2.45) is 23.2 Å². The van der Waals surface area contributed by atoms with Crippen LogP contribution in [0.15, 0.2) is 12.3 Å². The minimum Gasteiger partial charge on any atom is -0.383 e. The highest BCUT2D eigenvalue weighted by molar-refractivity contribution is 6.30. The number of aromatic nitrogens is 1. The van der Waals surface area contributed by atoms with Crippen LogP contribution in [0.5, 0.6) is 0 Å². The Kier molecular flexibility index (Phi) is 7.49. The number of carbonyl (C=O) groups excluding carboxylic acids is 2. The number of nitrogens with two attached hydrogens (primary N) is 1. The lowest BCUT2D eigenvalue weighted by Crippen LogP contribution is -2.51. The summed E-state index contributed by atoms with van der Waals surface area (Å²) in [4.78, 5) is 33.5. The second kappa shape index (κ2) is 10.2. The van der Waals surface area contributed by atoms with Gasteiger partial charge in [-0.3, -0.25) is 14.5 Å². The Morgan fingerprint density at radius 1 is 1.21 bits per heavy atom. The number of amides is 2. The largest absolute Gasteiger partial charge is 0.383 e. The van der Waals surface area contributed by atoms with Crippen LogP contribution in [0, 0.1) is 23.2 Å². The minimum atomic E-state index is -0.00818. The standard InChI is InChI=1S/C25H38ClN5O2/c1-3-17-8-18-11-25(2,12-19(18)9-17)13-22(32)28-15-23(33)31-6-4-30(5-7-31)16-20-10-21(26)14-29-24(20)27/h10,14,17-19H,3-9,11-13,15-16H2,1-2H3,(H2,27,29)(H,28,32). The number of hydrogen-bond donors (Lipinski definition) is 2. The second-order valence-electron chi connectivity index (χ2n) is 10.8. The number of nitrogens with one attached hydrogen (secondary N) is 1. The van der Waals surface area contributed by atoms with Gasteiger partial charge in [-0.1, -0.05) is 31.9 Å². The lowest BCUT2D eigenvalue weighted by molar-refractivity contribution is -0.134. The fraction of sp³-hybridized carbons (Fsp3) is 0.720. The van der Waals surface area contributed by atoms with Crippen LogP contribution in [0.25, 0.3) is 0 Å². The van der Waals surface area contributed by atoms with Crippen molar-refractivity contribution in [1.29, 1.82) is 0 Å². The number of hydrogen-bond acceptors (Lipinski definition) is 5. The van der Waals surface area contributed by atoms with Gasteiger partial charge in [-0.2, -0.15) is 0 Å². The Bertz CT molecular complexity index is 856. The summed E-state index contributed by atoms with van der Waals surface area (Å²) in [6, 6.07) is 1.84. The highest BCUT2D eigenvalue weighted by Crippen LogP contribution is 2.56. The number of halogens is 1. The van der Waals surface area contributed by atoms with Crippen LogP contribution in [0.1, 0.15) is 57.9 Å². The SMILES string of the molecule is CCC1CC2CC(C)(CC(=O)NCC(=O)N3CCN(Cc4cc(Cl)cnc4N)CC3)CC2C1. The van der Waals surface area contributed by atoms with E-state index in [-0.39, 0.29) is 23.8 Å². The van der Waals surface area contributed by atoms with Gasteiger partial charge in [0.2, 0.25) is 11.8 Å². The summed E-state index contributed by atoms with van der Waals surface area (Å²) in [7, 11) is 0. The predicted molar refractivity (Wildman–Crippen MR) is 130 cm³/mol. The number of nitrogen functional groups attached to an aromatic ring is 1. The molecule has 2 heterocycles. The molecule has 0 spiro atoms. The molecule has 2 amide bonds. The quantitative estimate of drug-likeness (QED) is 0.631. The zero-order valence-electron chi connectivity index (χ0n) is 20.0. The molecular weight excluding hydrogens is 438 g/mol. The van der Waals surface area contributed by atoms with Crippen molar-refractivity contribution in [2.45, 2.75) is 58.9 Å². The Hall–Kier alpha value is -1.86. The van der Waals surface area contributed by atoms with E-state index < -0.39 is 0 Å². The Morgan fingerprint density at radius 2 is 1.88 bits per heavy atom. The summed E-state index contributed by atoms with van der Waals surface area (Å²) in [5.74, 6) is 2.97. The van der Waals surface area contributed by atoms with Gasteiger partial charge in [0.1, 0.15) is 5.82 Å². The van der Waals surface area contributed by atoms with Gasteiger partial charge in [0.15, 0.2) is 0 Å². The molecule has 3 N–H and O–H groups in total. The molecule has 0 radical (unpaired) electrons. The van der Waals surface area contributed by atoms with Gasteiger partial charge in [-0.25, -0.2) is 4.98 Å². The van der Waals surface area contributed by atoms with Gasteiger partial charge in [0.05, 0.1) is 11.6 Å². The number of rotatable bonds is 7. The third-order valence-electron chi connectivity index (χ3n) is 8.14. The first-order valence-corrected chi connectivity index (χ1v) is 12.8. The lowest BCUT2D eigenvalue weighted by atomic mass is 9.81. The first-order chi connectivity index (χ1) is 15.7. The van der Waals surface area contributed by atoms with Crippen LogP contribution in [0.2, 0.25) is 5.02 Å². The summed E-state index contributed by atoms with van der Waals surface area (Å²) in [5.41, 5.74) is 6.95. The topological polar surface area (TPSA) is 91.6 Å². The molecule has 0 bridgehead atoms. The van der Waals surface area contributed by atoms with Gasteiger partial charge >= 0.3 is 0 Å². The molecule has 1 saturated heterocycles. The number of carbonyl (C=O) groups is 2. The van der Waals surface area contributed by atoms with Gasteiger partial charge < -0.3 is 16.0 Å². The van der Waals surface area contributed by atoms with Crippen molar-refractivity contribution in [3.63, 3.8) is 0 Å². The predicted octanol–water partition coefficient (Wildman–Crippen LogP) is 3.32. The number of fused-ring (bicyclic) bond motifs is 1. The van der Waals surface area contributed by atoms with E-state index in [1.165, 1.54) is 19.3 Å². The smallest absolute Gasteiger partial charge is 0.242 e. The van der Waals surface area contributed by atoms with Crippen LogP contribution >= 0.6 is 11.6 Å². The van der Waals surface area contributed by atoms with Crippen molar-refractivity contribution in [1.82, 2.24) is 20.1 Å². The van der Waals surface area contributed by atoms with E-state index in [0.29, 0.717) is 36.9 Å². The fourth-order valence-corrected chi connectivity index (χ4v) is 6.60. The monoisotopic (exact) mass is 475 g/mol. The van der Waals surface area contributed by atoms with Crippen molar-refractivity contribution in [3.8, 4) is 0 Å². The Morgan fingerprint density at radius 3 is 2.52 bits per heavy atom. The number of pyridine rings is 1. The molecule has 33 heavy (non-hydrogen) atoms. The Balaban J connectivity index is 1.17. The molecule has 1 aliphatic heterocycles. The molecule has 7 nitrogen and oxygen atoms in total. The van der Waals surface area contributed by atoms with E-state index in [1.54, 1.807) is 6.20 Å². The summed E-state index contributed by atoms with van der Waals surface area (Å²) in [6.07, 6.45) is 8.35. The molecule has 3 aliphatic rings. The summed E-state index contributed by atoms with van der Waals surface area (Å²) >= 11 is 6.03. The molecule has 0 aromatic carbocycles. The summed E-state index contributed by atoms with van der Waals surface area (Å²) in [6.45, 7) is 8.10. The molecule has 2 unspecified atom stereocenters. The highest BCUT2D eigenvalue weighted by atomic mass is 35.5. The molecular formula is C25H38ClN5O2. The number of nitrogens with zero attached hydrogens (tertiary/aromatic N) is 3. The molecule has 4 rings (SSSR count). The maximum absolute atomic E-state index is 12.7. The molecule has 8 heteroatoms. The first-order valence-electron chi connectivity index (χ1n) is 12.4. The molecule has 2 saturated carbocycles. The van der Waals surface area contributed by atoms with Crippen LogP contribution < -0.4 is 11.1 Å². The van der Waals surface area contributed by atoms with E-state index in [2.05, 4.69) is 29.0 Å². The first kappa shape index (κ1) is 24.3. The number of anilines is 1. The number of piperazine rings is 1. The average molecular weight is 476 g/mol. The van der Waals surface area contributed by atoms with Gasteiger partial charge in [-0.15, -0.1) is 0 Å². The van der Waals surface area contributed by atoms with Crippen molar-refractivity contribution >= 4 is 29.2 Å². The molecule has 182 valence electrons. The molecule has 1 aromatic heterocycles. The van der Waals surface area contributed by atoms with Crippen molar-refractivity contribution < 1.29 is 9.59 Å². The van der Waals surface area contributed by atoms with Crippen molar-refractivity contribution in [3.05, 3.63) is 22.8 Å². The van der Waals surface area contributed by atoms with Gasteiger partial charge in [0.25, 0.3) is 0 Å². The normalized spacial score (nSPS) is 29.8. The Labute approximate surface area is 202 Å². The van der Waals surface area contributed by atoms with E-state index >= 15 is 0 Å². The van der Waals surface area contributed by atoms with E-state index in [4.69, 9.17) is 17.3 Å². The molecule has 2 atom stereocenters. The summed E-state index contributed by atoms with van der Waals surface area (Å²) in [5, 5.41) is 3.47. The minimum absolute atomic E-state index is 0.00818. The van der Waals surface area contributed by atoms with Crippen LogP contribution in [-0.2, 0) is 16.1 Å². The van der Waals surface area contributed by atoms with Crippen LogP contribution in [0.4, 0.5) is 5.82 Å². The van der Waals surface area contributed by atoms with Gasteiger partial charge in [0, 0.05) is 50.9 Å². The highest BCUT2D eigenvalue weighted by Gasteiger charge is 2.47. The average Bonchev–Trinajstić information content (AvgIpc) is 3.29. The molecule has 1 aromatic rings. The van der Waals surface area contributed by atoms with E-state index in [9.17, 15) is 9.59 Å². The second-order valence-corrected chi connectivity index (χ2v) is 11.2. The lowest BCUT2D eigenvalue weighted by Gasteiger charge is -2.35. The third-order valence-corrected chi connectivity index (χ3v) is 8.34. The third kappa shape index (κ3) is 5.99. The van der Waals surface area contributed by atoms with Crippen LogP contribution in [0.3, 0.4) is 0 Å². The fourth-order valence-electron chi connectivity index (χ4n) is 6.42. The maximum Gasteiger partial charge on any atom is 0.242 e. The van der Waals surface area contributed by atoms with E-state index in [1.807, 2.05) is 11.0 Å².